The van der Waals surface area contributed by atoms with Gasteiger partial charge in [-0.05, 0) is 23.5 Å². The van der Waals surface area contributed by atoms with Gasteiger partial charge in [-0.25, -0.2) is 0 Å². The minimum atomic E-state index is -0.0803. The fourth-order valence-corrected chi connectivity index (χ4v) is 2.15. The topological polar surface area (TPSA) is 38.8 Å². The highest BCUT2D eigenvalue weighted by Gasteiger charge is 2.45. The number of hydrogen-bond donors (Lipinski definition) is 0. The number of ether oxygens (including phenoxy) is 2. The van der Waals surface area contributed by atoms with Gasteiger partial charge in [-0.15, -0.1) is 0 Å². The van der Waals surface area contributed by atoms with E-state index in [1.54, 1.807) is 0 Å². The van der Waals surface area contributed by atoms with Gasteiger partial charge in [-0.2, -0.15) is 0 Å². The third-order valence-corrected chi connectivity index (χ3v) is 3.51. The van der Waals surface area contributed by atoms with E-state index < -0.39 is 0 Å². The standard InChI is InChI=1S/C15H16O3/c1-2-10-3-5-11(6-4-10)13-7-14(13)15(16)18-9-12-8-17-12/h2-6,12-14H,1,7-9H2. The van der Waals surface area contributed by atoms with E-state index in [0.717, 1.165) is 18.6 Å². The number of carbonyl (C=O) groups is 1. The Morgan fingerprint density at radius 1 is 1.44 bits per heavy atom. The van der Waals surface area contributed by atoms with Crippen LogP contribution in [0.5, 0.6) is 0 Å². The van der Waals surface area contributed by atoms with Crippen LogP contribution in [0.1, 0.15) is 23.5 Å². The number of esters is 1. The van der Waals surface area contributed by atoms with E-state index in [1.807, 2.05) is 18.2 Å². The van der Waals surface area contributed by atoms with Crippen molar-refractivity contribution >= 4 is 12.0 Å². The van der Waals surface area contributed by atoms with Crippen molar-refractivity contribution in [2.24, 2.45) is 5.92 Å². The summed E-state index contributed by atoms with van der Waals surface area (Å²) in [7, 11) is 0. The van der Waals surface area contributed by atoms with Crippen LogP contribution in [0.2, 0.25) is 0 Å². The smallest absolute Gasteiger partial charge is 0.309 e. The van der Waals surface area contributed by atoms with Gasteiger partial charge in [0.1, 0.15) is 12.7 Å². The third-order valence-electron chi connectivity index (χ3n) is 3.51. The summed E-state index contributed by atoms with van der Waals surface area (Å²) < 4.78 is 10.2. The van der Waals surface area contributed by atoms with E-state index in [-0.39, 0.29) is 18.0 Å². The second-order valence-corrected chi connectivity index (χ2v) is 4.90. The molecule has 2 aliphatic rings. The Bertz CT molecular complexity index is 459. The molecular weight excluding hydrogens is 228 g/mol. The lowest BCUT2D eigenvalue weighted by molar-refractivity contribution is -0.145. The first-order valence-corrected chi connectivity index (χ1v) is 6.28. The van der Waals surface area contributed by atoms with Crippen LogP contribution in [-0.4, -0.2) is 25.3 Å². The van der Waals surface area contributed by atoms with Crippen LogP contribution in [0.15, 0.2) is 30.8 Å². The van der Waals surface area contributed by atoms with Gasteiger partial charge in [-0.3, -0.25) is 4.79 Å². The van der Waals surface area contributed by atoms with Crippen molar-refractivity contribution in [3.63, 3.8) is 0 Å². The Balaban J connectivity index is 1.54. The molecule has 2 fully saturated rings. The van der Waals surface area contributed by atoms with Crippen LogP contribution < -0.4 is 0 Å². The summed E-state index contributed by atoms with van der Waals surface area (Å²) in [5.74, 6) is 0.290. The van der Waals surface area contributed by atoms with Crippen LogP contribution >= 0.6 is 0 Å². The second kappa shape index (κ2) is 4.58. The largest absolute Gasteiger partial charge is 0.463 e. The zero-order valence-electron chi connectivity index (χ0n) is 10.2. The lowest BCUT2D eigenvalue weighted by Gasteiger charge is -2.03. The van der Waals surface area contributed by atoms with E-state index in [2.05, 4.69) is 18.7 Å². The van der Waals surface area contributed by atoms with Crippen LogP contribution in [0.4, 0.5) is 0 Å². The van der Waals surface area contributed by atoms with Crippen molar-refractivity contribution in [3.05, 3.63) is 42.0 Å². The molecule has 3 nitrogen and oxygen atoms in total. The Morgan fingerprint density at radius 2 is 2.17 bits per heavy atom. The van der Waals surface area contributed by atoms with E-state index in [4.69, 9.17) is 9.47 Å². The molecule has 0 aromatic heterocycles. The molecule has 94 valence electrons. The quantitative estimate of drug-likeness (QED) is 0.589. The summed E-state index contributed by atoms with van der Waals surface area (Å²) in [5, 5.41) is 0. The molecule has 1 heterocycles. The fourth-order valence-electron chi connectivity index (χ4n) is 2.15. The first kappa shape index (κ1) is 11.5. The zero-order valence-corrected chi connectivity index (χ0v) is 10.2. The molecule has 3 heteroatoms. The molecule has 3 unspecified atom stereocenters. The summed E-state index contributed by atoms with van der Waals surface area (Å²) in [4.78, 5) is 11.8. The Hall–Kier alpha value is -1.61. The second-order valence-electron chi connectivity index (χ2n) is 4.90. The van der Waals surface area contributed by atoms with E-state index >= 15 is 0 Å². The van der Waals surface area contributed by atoms with Crippen molar-refractivity contribution in [1.29, 1.82) is 0 Å². The van der Waals surface area contributed by atoms with Crippen LogP contribution in [0.3, 0.4) is 0 Å². The molecule has 1 aromatic rings. The average Bonchev–Trinajstić information content (AvgIpc) is 3.29. The minimum Gasteiger partial charge on any atom is -0.463 e. The van der Waals surface area contributed by atoms with E-state index in [1.165, 1.54) is 5.56 Å². The van der Waals surface area contributed by atoms with Gasteiger partial charge < -0.3 is 9.47 Å². The van der Waals surface area contributed by atoms with Crippen LogP contribution in [0.25, 0.3) is 6.08 Å². The molecule has 3 rings (SSSR count). The highest BCUT2D eigenvalue weighted by atomic mass is 16.6. The number of benzene rings is 1. The maximum absolute atomic E-state index is 11.8. The number of rotatable bonds is 5. The Labute approximate surface area is 106 Å². The Kier molecular flexibility index (Phi) is 2.92. The molecular formula is C15H16O3. The van der Waals surface area contributed by atoms with Crippen molar-refractivity contribution in [2.45, 2.75) is 18.4 Å². The molecule has 1 saturated carbocycles. The predicted octanol–water partition coefficient (Wildman–Crippen LogP) is 2.38. The van der Waals surface area contributed by atoms with Gasteiger partial charge in [0.25, 0.3) is 0 Å². The van der Waals surface area contributed by atoms with Gasteiger partial charge in [-0.1, -0.05) is 36.9 Å². The molecule has 0 amide bonds. The molecule has 0 spiro atoms. The summed E-state index contributed by atoms with van der Waals surface area (Å²) >= 11 is 0. The van der Waals surface area contributed by atoms with Gasteiger partial charge in [0.2, 0.25) is 0 Å². The van der Waals surface area contributed by atoms with Crippen LogP contribution in [0, 0.1) is 5.92 Å². The van der Waals surface area contributed by atoms with Crippen molar-refractivity contribution in [3.8, 4) is 0 Å². The molecule has 3 atom stereocenters. The molecule has 0 N–H and O–H groups in total. The lowest BCUT2D eigenvalue weighted by Crippen LogP contribution is -2.12. The molecule has 0 bridgehead atoms. The van der Waals surface area contributed by atoms with Gasteiger partial charge >= 0.3 is 5.97 Å². The van der Waals surface area contributed by atoms with E-state index in [0.29, 0.717) is 12.5 Å². The third kappa shape index (κ3) is 2.46. The summed E-state index contributed by atoms with van der Waals surface area (Å²) in [6, 6.07) is 8.19. The fraction of sp³-hybridized carbons (Fsp3) is 0.400. The normalized spacial score (nSPS) is 28.6. The molecule has 1 saturated heterocycles. The first-order chi connectivity index (χ1) is 8.78. The highest BCUT2D eigenvalue weighted by molar-refractivity contribution is 5.77. The molecule has 1 aromatic carbocycles. The SMILES string of the molecule is C=Cc1ccc(C2CC2C(=O)OCC2CO2)cc1. The lowest BCUT2D eigenvalue weighted by atomic mass is 10.1. The monoisotopic (exact) mass is 244 g/mol. The van der Waals surface area contributed by atoms with E-state index in [9.17, 15) is 4.79 Å². The highest BCUT2D eigenvalue weighted by Crippen LogP contribution is 2.48. The summed E-state index contributed by atoms with van der Waals surface area (Å²) in [6.07, 6.45) is 2.87. The van der Waals surface area contributed by atoms with Gasteiger partial charge in [0, 0.05) is 0 Å². The van der Waals surface area contributed by atoms with Crippen molar-refractivity contribution < 1.29 is 14.3 Å². The number of hydrogen-bond acceptors (Lipinski definition) is 3. The van der Waals surface area contributed by atoms with Gasteiger partial charge in [0.05, 0.1) is 12.5 Å². The van der Waals surface area contributed by atoms with Crippen molar-refractivity contribution in [2.75, 3.05) is 13.2 Å². The molecule has 1 aliphatic heterocycles. The molecule has 1 aliphatic carbocycles. The summed E-state index contributed by atoms with van der Waals surface area (Å²) in [6.45, 7) is 4.87. The minimum absolute atomic E-state index is 0.0401. The maximum Gasteiger partial charge on any atom is 0.309 e. The number of epoxide rings is 1. The molecule has 18 heavy (non-hydrogen) atoms. The zero-order chi connectivity index (χ0) is 12.5. The first-order valence-electron chi connectivity index (χ1n) is 6.28. The summed E-state index contributed by atoms with van der Waals surface area (Å²) in [5.41, 5.74) is 2.31. The maximum atomic E-state index is 11.8. The predicted molar refractivity (Wildman–Crippen MR) is 68.1 cm³/mol. The molecule has 0 radical (unpaired) electrons. The Morgan fingerprint density at radius 3 is 2.78 bits per heavy atom. The van der Waals surface area contributed by atoms with Crippen molar-refractivity contribution in [1.82, 2.24) is 0 Å². The van der Waals surface area contributed by atoms with Crippen LogP contribution in [-0.2, 0) is 14.3 Å². The van der Waals surface area contributed by atoms with Gasteiger partial charge in [0.15, 0.2) is 0 Å². The average molecular weight is 244 g/mol. The number of carbonyl (C=O) groups excluding carboxylic acids is 1.